The highest BCUT2D eigenvalue weighted by Crippen LogP contribution is 2.17. The number of aliphatic imine (C=N–C) groups is 1. The molecule has 0 fully saturated rings. The summed E-state index contributed by atoms with van der Waals surface area (Å²) in [7, 11) is 2.17. The molecule has 1 atom stereocenters. The summed E-state index contributed by atoms with van der Waals surface area (Å²) in [6, 6.07) is 8.43. The highest BCUT2D eigenvalue weighted by Gasteiger charge is 2.16. The second-order valence-corrected chi connectivity index (χ2v) is 10.7. The molecule has 1 heterocycles. The van der Waals surface area contributed by atoms with Crippen molar-refractivity contribution in [3.8, 4) is 0 Å². The van der Waals surface area contributed by atoms with E-state index < -0.39 is 5.91 Å². The molecule has 0 saturated carbocycles. The topological polar surface area (TPSA) is 190 Å². The Bertz CT molecular complexity index is 1130. The van der Waals surface area contributed by atoms with Crippen molar-refractivity contribution < 1.29 is 9.59 Å². The van der Waals surface area contributed by atoms with Gasteiger partial charge in [-0.3, -0.25) is 25.2 Å². The SMILES string of the molecule is CCCCCCN(C)CCCN[C@@H](Cc1ccc(CCCCN=C(N)NC(=O)c2nc(Cl)c(N)nc2N)cc1)NC=O. The van der Waals surface area contributed by atoms with Gasteiger partial charge in [-0.2, -0.15) is 0 Å². The number of unbranched alkanes of at least 4 members (excludes halogenated alkanes) is 4. The van der Waals surface area contributed by atoms with Crippen LogP contribution in [0.4, 0.5) is 11.6 Å². The summed E-state index contributed by atoms with van der Waals surface area (Å²) in [6.07, 6.45) is 10.1. The number of guanidine groups is 1. The number of benzene rings is 1. The van der Waals surface area contributed by atoms with E-state index in [9.17, 15) is 9.59 Å². The van der Waals surface area contributed by atoms with Crippen LogP contribution in [-0.4, -0.2) is 72.5 Å². The number of aromatic nitrogens is 2. The Kier molecular flexibility index (Phi) is 16.2. The van der Waals surface area contributed by atoms with Crippen LogP contribution in [0.5, 0.6) is 0 Å². The number of amides is 2. The normalized spacial score (nSPS) is 12.3. The third-order valence-corrected chi connectivity index (χ3v) is 7.03. The quantitative estimate of drug-likeness (QED) is 0.0434. The predicted molar refractivity (Wildman–Crippen MR) is 170 cm³/mol. The predicted octanol–water partition coefficient (Wildman–Crippen LogP) is 2.47. The summed E-state index contributed by atoms with van der Waals surface area (Å²) in [5.74, 6) is -0.910. The van der Waals surface area contributed by atoms with Crippen molar-refractivity contribution in [3.05, 3.63) is 46.2 Å². The fraction of sp³-hybridized carbons (Fsp3) is 0.552. The molecule has 2 aromatic rings. The lowest BCUT2D eigenvalue weighted by molar-refractivity contribution is -0.110. The highest BCUT2D eigenvalue weighted by molar-refractivity contribution is 6.31. The lowest BCUT2D eigenvalue weighted by atomic mass is 10.0. The van der Waals surface area contributed by atoms with Crippen molar-refractivity contribution in [1.29, 1.82) is 0 Å². The zero-order valence-corrected chi connectivity index (χ0v) is 25.6. The maximum absolute atomic E-state index is 12.3. The number of nitrogen functional groups attached to an aromatic ring is 2. The monoisotopic (exact) mass is 602 g/mol. The van der Waals surface area contributed by atoms with Crippen LogP contribution >= 0.6 is 11.6 Å². The first kappa shape index (κ1) is 34.7. The molecular formula is C29H47ClN10O2. The van der Waals surface area contributed by atoms with Gasteiger partial charge in [-0.05, 0) is 69.9 Å². The van der Waals surface area contributed by atoms with Gasteiger partial charge in [-0.1, -0.05) is 62.1 Å². The number of nitrogens with one attached hydrogen (secondary N) is 3. The Morgan fingerprint density at radius 2 is 1.74 bits per heavy atom. The summed E-state index contributed by atoms with van der Waals surface area (Å²) in [4.78, 5) is 37.6. The van der Waals surface area contributed by atoms with E-state index in [4.69, 9.17) is 28.8 Å². The largest absolute Gasteiger partial charge is 0.382 e. The Hall–Kier alpha value is -3.48. The van der Waals surface area contributed by atoms with E-state index in [2.05, 4.69) is 74.0 Å². The summed E-state index contributed by atoms with van der Waals surface area (Å²) >= 11 is 5.81. The number of nitrogens with zero attached hydrogens (tertiary/aromatic N) is 4. The van der Waals surface area contributed by atoms with Gasteiger partial charge in [0.15, 0.2) is 28.4 Å². The molecule has 2 amide bonds. The van der Waals surface area contributed by atoms with Crippen molar-refractivity contribution in [2.45, 2.75) is 70.9 Å². The van der Waals surface area contributed by atoms with Gasteiger partial charge in [-0.15, -0.1) is 0 Å². The Morgan fingerprint density at radius 1 is 1.02 bits per heavy atom. The van der Waals surface area contributed by atoms with Gasteiger partial charge in [0.2, 0.25) is 6.41 Å². The maximum atomic E-state index is 12.3. The summed E-state index contributed by atoms with van der Waals surface area (Å²) in [6.45, 7) is 5.70. The number of nitrogens with two attached hydrogens (primary N) is 3. The molecule has 2 rings (SSSR count). The van der Waals surface area contributed by atoms with Gasteiger partial charge in [0.25, 0.3) is 5.91 Å². The van der Waals surface area contributed by atoms with Crippen LogP contribution < -0.4 is 33.2 Å². The maximum Gasteiger partial charge on any atom is 0.280 e. The molecule has 0 spiro atoms. The van der Waals surface area contributed by atoms with Crippen molar-refractivity contribution in [3.63, 3.8) is 0 Å². The molecule has 0 bridgehead atoms. The van der Waals surface area contributed by atoms with Crippen LogP contribution in [0, 0.1) is 0 Å². The first-order valence-corrected chi connectivity index (χ1v) is 15.0. The number of halogens is 1. The molecule has 12 nitrogen and oxygen atoms in total. The van der Waals surface area contributed by atoms with E-state index in [1.54, 1.807) is 0 Å². The van der Waals surface area contributed by atoms with E-state index in [-0.39, 0.29) is 34.6 Å². The number of carbonyl (C=O) groups is 2. The van der Waals surface area contributed by atoms with Crippen LogP contribution in [0.15, 0.2) is 29.3 Å². The van der Waals surface area contributed by atoms with Crippen LogP contribution in [0.1, 0.15) is 73.5 Å². The summed E-state index contributed by atoms with van der Waals surface area (Å²) < 4.78 is 0. The molecule has 0 aliphatic rings. The fourth-order valence-corrected chi connectivity index (χ4v) is 4.49. The Balaban J connectivity index is 1.68. The second-order valence-electron chi connectivity index (χ2n) is 10.3. The molecule has 0 unspecified atom stereocenters. The Labute approximate surface area is 254 Å². The number of anilines is 2. The van der Waals surface area contributed by atoms with E-state index in [1.165, 1.54) is 31.2 Å². The van der Waals surface area contributed by atoms with Crippen LogP contribution in [0.2, 0.25) is 5.15 Å². The minimum atomic E-state index is -0.662. The smallest absolute Gasteiger partial charge is 0.280 e. The van der Waals surface area contributed by atoms with Gasteiger partial charge >= 0.3 is 0 Å². The van der Waals surface area contributed by atoms with E-state index >= 15 is 0 Å². The first-order valence-electron chi connectivity index (χ1n) is 14.6. The number of aryl methyl sites for hydroxylation is 1. The van der Waals surface area contributed by atoms with E-state index in [1.807, 2.05) is 0 Å². The first-order chi connectivity index (χ1) is 20.2. The van der Waals surface area contributed by atoms with Crippen molar-refractivity contribution >= 4 is 41.5 Å². The minimum absolute atomic E-state index is 0.0416. The molecule has 42 heavy (non-hydrogen) atoms. The van der Waals surface area contributed by atoms with Gasteiger partial charge in [0, 0.05) is 13.0 Å². The molecule has 9 N–H and O–H groups in total. The van der Waals surface area contributed by atoms with Crippen LogP contribution in [0.3, 0.4) is 0 Å². The van der Waals surface area contributed by atoms with Crippen LogP contribution in [0.25, 0.3) is 0 Å². The number of hydrogen-bond donors (Lipinski definition) is 6. The molecule has 1 aromatic heterocycles. The van der Waals surface area contributed by atoms with Gasteiger partial charge in [0.1, 0.15) is 0 Å². The third kappa shape index (κ3) is 13.5. The number of rotatable bonds is 20. The standard InChI is InChI=1S/C29H47ClN10O2/c1-3-4-5-8-17-40(2)18-9-16-34-23(36-20-41)19-22-13-11-21(12-14-22)10-6-7-15-35-29(33)39-28(42)24-26(31)38-27(32)25(30)37-24/h11-14,20,23,34H,3-10,15-19H2,1-2H3,(H,36,41)(H4,31,32,38)(H3,33,35,39,42)/t23-/m1/s1. The zero-order valence-electron chi connectivity index (χ0n) is 24.9. The fourth-order valence-electron chi connectivity index (χ4n) is 4.36. The zero-order chi connectivity index (χ0) is 30.7. The summed E-state index contributed by atoms with van der Waals surface area (Å²) in [5.41, 5.74) is 19.2. The van der Waals surface area contributed by atoms with Crippen LogP contribution in [-0.2, 0) is 17.6 Å². The molecular weight excluding hydrogens is 556 g/mol. The molecule has 1 aromatic carbocycles. The molecule has 232 valence electrons. The minimum Gasteiger partial charge on any atom is -0.382 e. The average Bonchev–Trinajstić information content (AvgIpc) is 2.96. The van der Waals surface area contributed by atoms with E-state index in [0.29, 0.717) is 13.0 Å². The van der Waals surface area contributed by atoms with Gasteiger partial charge < -0.3 is 27.4 Å². The number of carbonyl (C=O) groups excluding carboxylic acids is 2. The highest BCUT2D eigenvalue weighted by atomic mass is 35.5. The third-order valence-electron chi connectivity index (χ3n) is 6.75. The van der Waals surface area contributed by atoms with E-state index in [0.717, 1.165) is 57.3 Å². The number of hydrogen-bond acceptors (Lipinski definition) is 9. The van der Waals surface area contributed by atoms with Crippen molar-refractivity contribution in [1.82, 2.24) is 30.8 Å². The van der Waals surface area contributed by atoms with Gasteiger partial charge in [-0.25, -0.2) is 9.97 Å². The molecule has 0 aliphatic heterocycles. The molecule has 0 saturated heterocycles. The molecule has 13 heteroatoms. The lowest BCUT2D eigenvalue weighted by Crippen LogP contribution is -2.44. The second kappa shape index (κ2) is 19.6. The van der Waals surface area contributed by atoms with Crippen molar-refractivity contribution in [2.75, 3.05) is 44.7 Å². The molecule has 0 aliphatic carbocycles. The average molecular weight is 603 g/mol. The summed E-state index contributed by atoms with van der Waals surface area (Å²) in [5, 5.41) is 8.66. The molecule has 0 radical (unpaired) electrons. The lowest BCUT2D eigenvalue weighted by Gasteiger charge is -2.20. The van der Waals surface area contributed by atoms with Gasteiger partial charge in [0.05, 0.1) is 6.17 Å². The Morgan fingerprint density at radius 3 is 2.45 bits per heavy atom. The van der Waals surface area contributed by atoms with Crippen molar-refractivity contribution in [2.24, 2.45) is 10.7 Å².